The molecule has 0 saturated carbocycles. The molecule has 0 aliphatic heterocycles. The Hall–Kier alpha value is -2.47. The van der Waals surface area contributed by atoms with E-state index in [1.54, 1.807) is 0 Å². The standard InChI is InChI=1S/C33H58N2O9S/c1-4-5-6-7-8-9-10-11-12-13-14-15-26(36)19-24(18-23(2)3)30(38)35-29(33(43)44)17-16-27(37)20-25(31(39)40)21-45-22-28(34)32(41)42/h23-25,28-29H,4-22,34H2,1-3H3,(H,35,38)(H,39,40)(H,41,42)(H,43,44)/t24-,25-,28+,29-/m1/s1. The summed E-state index contributed by atoms with van der Waals surface area (Å²) in [4.78, 5) is 72.6. The fourth-order valence-electron chi connectivity index (χ4n) is 5.07. The van der Waals surface area contributed by atoms with Gasteiger partial charge in [0.2, 0.25) is 5.91 Å². The van der Waals surface area contributed by atoms with Crippen LogP contribution in [0, 0.1) is 17.8 Å². The van der Waals surface area contributed by atoms with Crippen molar-refractivity contribution in [3.63, 3.8) is 0 Å². The second-order valence-corrected chi connectivity index (χ2v) is 13.6. The molecule has 0 aromatic rings. The number of hydrogen-bond acceptors (Lipinski definition) is 8. The summed E-state index contributed by atoms with van der Waals surface area (Å²) in [5.41, 5.74) is 5.42. The number of carboxylic acids is 3. The number of nitrogens with one attached hydrogen (secondary N) is 1. The van der Waals surface area contributed by atoms with Gasteiger partial charge in [0.25, 0.3) is 0 Å². The zero-order chi connectivity index (χ0) is 34.2. The first-order valence-electron chi connectivity index (χ1n) is 16.6. The van der Waals surface area contributed by atoms with Crippen molar-refractivity contribution in [2.45, 2.75) is 142 Å². The van der Waals surface area contributed by atoms with Crippen LogP contribution in [-0.2, 0) is 28.8 Å². The van der Waals surface area contributed by atoms with E-state index in [2.05, 4.69) is 12.2 Å². The fourth-order valence-corrected chi connectivity index (χ4v) is 6.15. The van der Waals surface area contributed by atoms with Gasteiger partial charge in [0, 0.05) is 43.1 Å². The van der Waals surface area contributed by atoms with Crippen LogP contribution in [0.25, 0.3) is 0 Å². The Bertz CT molecular complexity index is 913. The number of thioether (sulfide) groups is 1. The highest BCUT2D eigenvalue weighted by molar-refractivity contribution is 7.99. The first kappa shape index (κ1) is 42.5. The Balaban J connectivity index is 4.73. The van der Waals surface area contributed by atoms with Crippen LogP contribution < -0.4 is 11.1 Å². The van der Waals surface area contributed by atoms with Gasteiger partial charge >= 0.3 is 17.9 Å². The van der Waals surface area contributed by atoms with E-state index in [9.17, 15) is 39.0 Å². The number of Topliss-reactive ketones (excluding diaryl/α,β-unsaturated/α-hetero) is 2. The predicted octanol–water partition coefficient (Wildman–Crippen LogP) is 5.46. The topological polar surface area (TPSA) is 201 Å². The summed E-state index contributed by atoms with van der Waals surface area (Å²) in [7, 11) is 0. The average molecular weight is 659 g/mol. The van der Waals surface area contributed by atoms with E-state index in [1.165, 1.54) is 44.9 Å². The first-order chi connectivity index (χ1) is 21.3. The van der Waals surface area contributed by atoms with Gasteiger partial charge in [0.15, 0.2) is 0 Å². The monoisotopic (exact) mass is 658 g/mol. The van der Waals surface area contributed by atoms with Gasteiger partial charge in [0.1, 0.15) is 23.7 Å². The van der Waals surface area contributed by atoms with Crippen LogP contribution in [0.3, 0.4) is 0 Å². The summed E-state index contributed by atoms with van der Waals surface area (Å²) in [6.45, 7) is 6.06. The van der Waals surface area contributed by atoms with Crippen molar-refractivity contribution in [2.75, 3.05) is 11.5 Å². The molecule has 0 fully saturated rings. The molecule has 45 heavy (non-hydrogen) atoms. The SMILES string of the molecule is CCCCCCCCCCCCCC(=O)C[C@@H](CC(C)C)C(=O)N[C@H](CCC(=O)C[C@H](CSC[C@H](N)C(=O)O)C(=O)O)C(=O)O. The summed E-state index contributed by atoms with van der Waals surface area (Å²) in [5.74, 6) is -6.47. The van der Waals surface area contributed by atoms with Crippen LogP contribution in [0.2, 0.25) is 0 Å². The molecule has 0 aromatic carbocycles. The Labute approximate surface area is 273 Å². The van der Waals surface area contributed by atoms with E-state index in [-0.39, 0.29) is 48.9 Å². The normalized spacial score (nSPS) is 14.0. The molecule has 0 spiro atoms. The van der Waals surface area contributed by atoms with Crippen molar-refractivity contribution in [2.24, 2.45) is 23.5 Å². The van der Waals surface area contributed by atoms with E-state index in [0.29, 0.717) is 12.8 Å². The third-order valence-corrected chi connectivity index (χ3v) is 8.98. The number of unbranched alkanes of at least 4 members (excludes halogenated alkanes) is 10. The molecule has 0 unspecified atom stereocenters. The summed E-state index contributed by atoms with van der Waals surface area (Å²) >= 11 is 1.01. The highest BCUT2D eigenvalue weighted by Crippen LogP contribution is 2.20. The molecule has 12 heteroatoms. The summed E-state index contributed by atoms with van der Waals surface area (Å²) in [5, 5.41) is 30.5. The molecular weight excluding hydrogens is 600 g/mol. The number of aliphatic carboxylic acids is 3. The molecule has 0 aliphatic rings. The lowest BCUT2D eigenvalue weighted by atomic mass is 9.90. The highest BCUT2D eigenvalue weighted by atomic mass is 32.2. The zero-order valence-corrected chi connectivity index (χ0v) is 28.4. The zero-order valence-electron chi connectivity index (χ0n) is 27.6. The largest absolute Gasteiger partial charge is 0.481 e. The smallest absolute Gasteiger partial charge is 0.326 e. The van der Waals surface area contributed by atoms with E-state index in [4.69, 9.17) is 10.8 Å². The Morgan fingerprint density at radius 3 is 1.67 bits per heavy atom. The van der Waals surface area contributed by atoms with Gasteiger partial charge in [0.05, 0.1) is 5.92 Å². The lowest BCUT2D eigenvalue weighted by molar-refractivity contribution is -0.144. The Morgan fingerprint density at radius 1 is 0.667 bits per heavy atom. The minimum absolute atomic E-state index is 0.0141. The number of carboxylic acid groups (broad SMARTS) is 3. The van der Waals surface area contributed by atoms with Crippen LogP contribution in [-0.4, -0.2) is 74.3 Å². The first-order valence-corrected chi connectivity index (χ1v) is 17.8. The number of hydrogen-bond donors (Lipinski definition) is 5. The van der Waals surface area contributed by atoms with Crippen molar-refractivity contribution in [3.8, 4) is 0 Å². The quantitative estimate of drug-likeness (QED) is 0.0613. The van der Waals surface area contributed by atoms with Crippen molar-refractivity contribution >= 4 is 47.1 Å². The van der Waals surface area contributed by atoms with Crippen molar-refractivity contribution in [1.82, 2.24) is 5.32 Å². The Morgan fingerprint density at radius 2 is 1.18 bits per heavy atom. The minimum Gasteiger partial charge on any atom is -0.481 e. The molecule has 0 bridgehead atoms. The van der Waals surface area contributed by atoms with E-state index in [1.807, 2.05) is 13.8 Å². The average Bonchev–Trinajstić information content (AvgIpc) is 2.96. The van der Waals surface area contributed by atoms with E-state index >= 15 is 0 Å². The molecule has 0 rings (SSSR count). The van der Waals surface area contributed by atoms with Gasteiger partial charge in [-0.1, -0.05) is 85.0 Å². The summed E-state index contributed by atoms with van der Waals surface area (Å²) in [6.07, 6.45) is 13.0. The number of carbonyl (C=O) groups is 6. The van der Waals surface area contributed by atoms with Crippen LogP contribution in [0.5, 0.6) is 0 Å². The molecule has 0 aliphatic carbocycles. The van der Waals surface area contributed by atoms with Gasteiger partial charge in [-0.05, 0) is 25.2 Å². The maximum absolute atomic E-state index is 13.1. The van der Waals surface area contributed by atoms with Gasteiger partial charge in [-0.3, -0.25) is 24.0 Å². The molecule has 6 N–H and O–H groups in total. The predicted molar refractivity (Wildman–Crippen MR) is 176 cm³/mol. The van der Waals surface area contributed by atoms with E-state index < -0.39 is 53.5 Å². The summed E-state index contributed by atoms with van der Waals surface area (Å²) in [6, 6.07) is -2.51. The fraction of sp³-hybridized carbons (Fsp3) is 0.818. The van der Waals surface area contributed by atoms with Crippen LogP contribution in [0.15, 0.2) is 0 Å². The lowest BCUT2D eigenvalue weighted by Gasteiger charge is -2.21. The van der Waals surface area contributed by atoms with Crippen LogP contribution in [0.1, 0.15) is 130 Å². The summed E-state index contributed by atoms with van der Waals surface area (Å²) < 4.78 is 0. The molecule has 0 aromatic heterocycles. The van der Waals surface area contributed by atoms with Crippen molar-refractivity contribution in [3.05, 3.63) is 0 Å². The molecule has 0 heterocycles. The molecule has 260 valence electrons. The third kappa shape index (κ3) is 22.6. The van der Waals surface area contributed by atoms with E-state index in [0.717, 1.165) is 37.4 Å². The molecule has 0 saturated heterocycles. The van der Waals surface area contributed by atoms with Gasteiger partial charge in [-0.2, -0.15) is 11.8 Å². The molecular formula is C33H58N2O9S. The highest BCUT2D eigenvalue weighted by Gasteiger charge is 2.29. The lowest BCUT2D eigenvalue weighted by Crippen LogP contribution is -2.44. The second kappa shape index (κ2) is 25.7. The minimum atomic E-state index is -1.36. The third-order valence-electron chi connectivity index (χ3n) is 7.74. The number of nitrogens with two attached hydrogens (primary N) is 1. The van der Waals surface area contributed by atoms with Gasteiger partial charge in [-0.15, -0.1) is 0 Å². The number of carbonyl (C=O) groups excluding carboxylic acids is 3. The molecule has 4 atom stereocenters. The van der Waals surface area contributed by atoms with Gasteiger partial charge in [-0.25, -0.2) is 4.79 Å². The molecule has 11 nitrogen and oxygen atoms in total. The number of amides is 1. The van der Waals surface area contributed by atoms with Crippen LogP contribution in [0.4, 0.5) is 0 Å². The van der Waals surface area contributed by atoms with Crippen molar-refractivity contribution in [1.29, 1.82) is 0 Å². The maximum atomic E-state index is 13.1. The maximum Gasteiger partial charge on any atom is 0.326 e. The van der Waals surface area contributed by atoms with Crippen LogP contribution >= 0.6 is 11.8 Å². The van der Waals surface area contributed by atoms with Gasteiger partial charge < -0.3 is 26.4 Å². The second-order valence-electron chi connectivity index (χ2n) is 12.6. The number of ketones is 2. The Kier molecular flexibility index (Phi) is 24.3. The number of rotatable bonds is 30. The van der Waals surface area contributed by atoms with Crippen molar-refractivity contribution < 1.29 is 44.1 Å². The molecule has 0 radical (unpaired) electrons. The molecule has 1 amide bonds.